The second kappa shape index (κ2) is 4.78. The van der Waals surface area contributed by atoms with Crippen LogP contribution in [0.5, 0.6) is 0 Å². The largest absolute Gasteiger partial charge is 0.339 e. The summed E-state index contributed by atoms with van der Waals surface area (Å²) in [5, 5.41) is 5.72. The molecule has 0 aliphatic heterocycles. The summed E-state index contributed by atoms with van der Waals surface area (Å²) in [6.45, 7) is 1.83. The van der Waals surface area contributed by atoms with E-state index in [0.29, 0.717) is 27.9 Å². The molecule has 1 N–H and O–H groups in total. The molecule has 0 fully saturated rings. The molecule has 3 aromatic heterocycles. The van der Waals surface area contributed by atoms with Gasteiger partial charge in [-0.2, -0.15) is 9.78 Å². The van der Waals surface area contributed by atoms with Crippen LogP contribution in [-0.2, 0) is 0 Å². The van der Waals surface area contributed by atoms with Crippen LogP contribution in [0, 0.1) is 6.92 Å². The zero-order valence-electron chi connectivity index (χ0n) is 11.7. The Balaban J connectivity index is 2.17. The third-order valence-electron chi connectivity index (χ3n) is 3.63. The first-order valence-corrected chi connectivity index (χ1v) is 7.57. The summed E-state index contributed by atoms with van der Waals surface area (Å²) in [4.78, 5) is 20.4. The third-order valence-corrected chi connectivity index (χ3v) is 4.13. The van der Waals surface area contributed by atoms with Crippen molar-refractivity contribution in [3.63, 3.8) is 0 Å². The Morgan fingerprint density at radius 1 is 1.23 bits per heavy atom. The van der Waals surface area contributed by atoms with Gasteiger partial charge in [-0.25, -0.2) is 4.98 Å². The number of aromatic nitrogens is 4. The van der Waals surface area contributed by atoms with Crippen molar-refractivity contribution in [1.82, 2.24) is 19.7 Å². The predicted octanol–water partition coefficient (Wildman–Crippen LogP) is 3.33. The van der Waals surface area contributed by atoms with Gasteiger partial charge in [0.15, 0.2) is 5.82 Å². The van der Waals surface area contributed by atoms with E-state index in [2.05, 4.69) is 31.0 Å². The summed E-state index contributed by atoms with van der Waals surface area (Å²) in [5.41, 5.74) is 2.10. The summed E-state index contributed by atoms with van der Waals surface area (Å²) in [5.74, 6) is 0.674. The molecule has 0 amide bonds. The highest BCUT2D eigenvalue weighted by atomic mass is 79.9. The van der Waals surface area contributed by atoms with Crippen molar-refractivity contribution in [2.45, 2.75) is 6.92 Å². The van der Waals surface area contributed by atoms with Gasteiger partial charge in [-0.15, -0.1) is 0 Å². The fourth-order valence-electron chi connectivity index (χ4n) is 2.63. The summed E-state index contributed by atoms with van der Waals surface area (Å²) in [7, 11) is 0. The van der Waals surface area contributed by atoms with Gasteiger partial charge in [-0.1, -0.05) is 22.0 Å². The minimum absolute atomic E-state index is 0.0234. The van der Waals surface area contributed by atoms with E-state index >= 15 is 0 Å². The van der Waals surface area contributed by atoms with Crippen molar-refractivity contribution >= 4 is 37.9 Å². The fraction of sp³-hybridized carbons (Fsp3) is 0.0625. The molecule has 0 aliphatic rings. The Hall–Kier alpha value is -2.47. The number of rotatable bonds is 1. The lowest BCUT2D eigenvalue weighted by Gasteiger charge is -2.04. The quantitative estimate of drug-likeness (QED) is 0.570. The van der Waals surface area contributed by atoms with Gasteiger partial charge in [0, 0.05) is 16.1 Å². The average molecular weight is 355 g/mol. The van der Waals surface area contributed by atoms with Crippen LogP contribution in [0.25, 0.3) is 27.8 Å². The van der Waals surface area contributed by atoms with Crippen LogP contribution in [-0.4, -0.2) is 19.7 Å². The van der Waals surface area contributed by atoms with Crippen molar-refractivity contribution < 1.29 is 0 Å². The minimum atomic E-state index is -0.0234. The van der Waals surface area contributed by atoms with Gasteiger partial charge >= 0.3 is 0 Å². The minimum Gasteiger partial charge on any atom is -0.339 e. The highest BCUT2D eigenvalue weighted by molar-refractivity contribution is 9.10. The van der Waals surface area contributed by atoms with E-state index < -0.39 is 0 Å². The van der Waals surface area contributed by atoms with Crippen molar-refractivity contribution in [1.29, 1.82) is 0 Å². The van der Waals surface area contributed by atoms with Crippen molar-refractivity contribution in [2.75, 3.05) is 0 Å². The molecule has 1 aromatic carbocycles. The fourth-order valence-corrected chi connectivity index (χ4v) is 3.00. The van der Waals surface area contributed by atoms with Crippen LogP contribution >= 0.6 is 15.9 Å². The molecule has 0 saturated heterocycles. The van der Waals surface area contributed by atoms with Crippen LogP contribution in [0.3, 0.4) is 0 Å². The van der Waals surface area contributed by atoms with Gasteiger partial charge in [-0.3, -0.25) is 4.79 Å². The SMILES string of the molecule is Cc1nn(-c2ccccn2)c2[nH]c3ccc(Br)cc3c(=O)c12. The molecule has 0 unspecified atom stereocenters. The molecule has 0 radical (unpaired) electrons. The van der Waals surface area contributed by atoms with Crippen LogP contribution in [0.2, 0.25) is 0 Å². The smallest absolute Gasteiger partial charge is 0.200 e. The summed E-state index contributed by atoms with van der Waals surface area (Å²) < 4.78 is 2.55. The molecule has 4 aromatic rings. The van der Waals surface area contributed by atoms with E-state index in [1.807, 2.05) is 43.3 Å². The lowest BCUT2D eigenvalue weighted by Crippen LogP contribution is -2.06. The van der Waals surface area contributed by atoms with E-state index in [1.165, 1.54) is 0 Å². The number of pyridine rings is 2. The van der Waals surface area contributed by atoms with E-state index in [0.717, 1.165) is 9.99 Å². The monoisotopic (exact) mass is 354 g/mol. The summed E-state index contributed by atoms with van der Waals surface area (Å²) in [6, 6.07) is 11.2. The third kappa shape index (κ3) is 1.88. The highest BCUT2D eigenvalue weighted by Gasteiger charge is 2.15. The van der Waals surface area contributed by atoms with Crippen molar-refractivity contribution in [3.8, 4) is 5.82 Å². The first kappa shape index (κ1) is 13.2. The number of aromatic amines is 1. The summed E-state index contributed by atoms with van der Waals surface area (Å²) >= 11 is 3.41. The zero-order valence-corrected chi connectivity index (χ0v) is 13.3. The lowest BCUT2D eigenvalue weighted by molar-refractivity contribution is 0.848. The maximum atomic E-state index is 12.8. The van der Waals surface area contributed by atoms with Gasteiger partial charge < -0.3 is 4.98 Å². The molecule has 4 rings (SSSR count). The number of halogens is 1. The van der Waals surface area contributed by atoms with Crippen LogP contribution in [0.1, 0.15) is 5.69 Å². The van der Waals surface area contributed by atoms with E-state index in [1.54, 1.807) is 10.9 Å². The normalized spacial score (nSPS) is 11.4. The topological polar surface area (TPSA) is 63.6 Å². The Morgan fingerprint density at radius 3 is 2.86 bits per heavy atom. The molecule has 5 nitrogen and oxygen atoms in total. The molecule has 0 atom stereocenters. The van der Waals surface area contributed by atoms with Crippen LogP contribution in [0.4, 0.5) is 0 Å². The number of fused-ring (bicyclic) bond motifs is 2. The number of aryl methyl sites for hydroxylation is 1. The highest BCUT2D eigenvalue weighted by Crippen LogP contribution is 2.22. The predicted molar refractivity (Wildman–Crippen MR) is 89.4 cm³/mol. The molecular weight excluding hydrogens is 344 g/mol. The van der Waals surface area contributed by atoms with Crippen LogP contribution < -0.4 is 5.43 Å². The second-order valence-electron chi connectivity index (χ2n) is 5.05. The van der Waals surface area contributed by atoms with Gasteiger partial charge in [-0.05, 0) is 37.3 Å². The Labute approximate surface area is 133 Å². The number of H-pyrrole nitrogens is 1. The molecule has 0 spiro atoms. The molecule has 0 bridgehead atoms. The molecule has 22 heavy (non-hydrogen) atoms. The van der Waals surface area contributed by atoms with Crippen molar-refractivity contribution in [2.24, 2.45) is 0 Å². The van der Waals surface area contributed by atoms with Gasteiger partial charge in [0.05, 0.1) is 16.6 Å². The number of nitrogens with one attached hydrogen (secondary N) is 1. The Morgan fingerprint density at radius 2 is 2.09 bits per heavy atom. The van der Waals surface area contributed by atoms with Gasteiger partial charge in [0.2, 0.25) is 5.43 Å². The number of hydrogen-bond acceptors (Lipinski definition) is 3. The van der Waals surface area contributed by atoms with Gasteiger partial charge in [0.1, 0.15) is 5.65 Å². The summed E-state index contributed by atoms with van der Waals surface area (Å²) in [6.07, 6.45) is 1.70. The molecule has 0 aliphatic carbocycles. The number of hydrogen-bond donors (Lipinski definition) is 1. The van der Waals surface area contributed by atoms with E-state index in [9.17, 15) is 4.79 Å². The molecule has 108 valence electrons. The number of nitrogens with zero attached hydrogens (tertiary/aromatic N) is 3. The first-order valence-electron chi connectivity index (χ1n) is 6.77. The van der Waals surface area contributed by atoms with Gasteiger partial charge in [0.25, 0.3) is 0 Å². The zero-order chi connectivity index (χ0) is 15.3. The molecule has 3 heterocycles. The van der Waals surface area contributed by atoms with E-state index in [4.69, 9.17) is 0 Å². The Bertz CT molecular complexity index is 1070. The standard InChI is InChI=1S/C16H11BrN4O/c1-9-14-15(22)11-8-10(17)5-6-12(11)19-16(14)21(20-9)13-4-2-3-7-18-13/h2-8H,1H3,(H,19,22). The molecular formula is C16H11BrN4O. The average Bonchev–Trinajstić information content (AvgIpc) is 2.86. The Kier molecular flexibility index (Phi) is 2.87. The number of benzene rings is 1. The molecule has 0 saturated carbocycles. The first-order chi connectivity index (χ1) is 10.6. The van der Waals surface area contributed by atoms with Crippen molar-refractivity contribution in [3.05, 3.63) is 63.0 Å². The molecule has 6 heteroatoms. The maximum absolute atomic E-state index is 12.8. The van der Waals surface area contributed by atoms with E-state index in [-0.39, 0.29) is 5.43 Å². The lowest BCUT2D eigenvalue weighted by atomic mass is 10.1. The second-order valence-corrected chi connectivity index (χ2v) is 5.97. The maximum Gasteiger partial charge on any atom is 0.200 e. The van der Waals surface area contributed by atoms with Crippen LogP contribution in [0.15, 0.2) is 51.9 Å².